The van der Waals surface area contributed by atoms with Crippen LogP contribution in [0.2, 0.25) is 0 Å². The summed E-state index contributed by atoms with van der Waals surface area (Å²) < 4.78 is 0. The Hall–Kier alpha value is -1.37. The van der Waals surface area contributed by atoms with Gasteiger partial charge in [0.2, 0.25) is 0 Å². The van der Waals surface area contributed by atoms with E-state index in [9.17, 15) is 4.79 Å². The van der Waals surface area contributed by atoms with Gasteiger partial charge in [0.15, 0.2) is 0 Å². The average molecular weight is 279 g/mol. The molecule has 0 aliphatic carbocycles. The molecule has 0 bridgehead atoms. The highest BCUT2D eigenvalue weighted by atomic mass is 32.2. The standard InChI is InChI=1S/C12H13N3OS2/c1-8-9(6-11(18-8)12(16)15-13)7-17-10-2-4-14-5-3-10/h2-6H,7,13H2,1H3,(H,15,16). The van der Waals surface area contributed by atoms with Crippen molar-refractivity contribution in [3.8, 4) is 0 Å². The third-order valence-corrected chi connectivity index (χ3v) is 4.57. The van der Waals surface area contributed by atoms with Crippen LogP contribution in [0.5, 0.6) is 0 Å². The molecule has 2 heterocycles. The lowest BCUT2D eigenvalue weighted by Gasteiger charge is -2.00. The Balaban J connectivity index is 2.06. The van der Waals surface area contributed by atoms with Gasteiger partial charge in [0, 0.05) is 27.9 Å². The van der Waals surface area contributed by atoms with Crippen LogP contribution < -0.4 is 11.3 Å². The molecule has 0 aliphatic heterocycles. The van der Waals surface area contributed by atoms with Gasteiger partial charge in [-0.3, -0.25) is 15.2 Å². The number of nitrogens with one attached hydrogen (secondary N) is 1. The third kappa shape index (κ3) is 3.10. The zero-order chi connectivity index (χ0) is 13.0. The van der Waals surface area contributed by atoms with Crippen LogP contribution in [0.4, 0.5) is 0 Å². The molecule has 94 valence electrons. The minimum absolute atomic E-state index is 0.233. The second-order valence-corrected chi connectivity index (χ2v) is 5.94. The number of hydrogen-bond donors (Lipinski definition) is 2. The normalized spacial score (nSPS) is 10.3. The highest BCUT2D eigenvalue weighted by Gasteiger charge is 2.11. The molecule has 3 N–H and O–H groups in total. The maximum Gasteiger partial charge on any atom is 0.275 e. The summed E-state index contributed by atoms with van der Waals surface area (Å²) in [4.78, 5) is 18.4. The van der Waals surface area contributed by atoms with Gasteiger partial charge in [-0.15, -0.1) is 23.1 Å². The maximum atomic E-state index is 11.4. The number of carbonyl (C=O) groups excluding carboxylic acids is 1. The number of nitrogens with zero attached hydrogens (tertiary/aromatic N) is 1. The predicted octanol–water partition coefficient (Wildman–Crippen LogP) is 2.35. The summed E-state index contributed by atoms with van der Waals surface area (Å²) in [6, 6.07) is 5.84. The van der Waals surface area contributed by atoms with Gasteiger partial charge in [0.05, 0.1) is 4.88 Å². The molecule has 0 saturated carbocycles. The zero-order valence-corrected chi connectivity index (χ0v) is 11.5. The molecule has 6 heteroatoms. The summed E-state index contributed by atoms with van der Waals surface area (Å²) in [6.07, 6.45) is 3.55. The number of thiophene rings is 1. The summed E-state index contributed by atoms with van der Waals surface area (Å²) in [5.41, 5.74) is 3.32. The highest BCUT2D eigenvalue weighted by Crippen LogP contribution is 2.28. The van der Waals surface area contributed by atoms with Crippen molar-refractivity contribution >= 4 is 29.0 Å². The molecule has 1 amide bonds. The number of hydrogen-bond acceptors (Lipinski definition) is 5. The van der Waals surface area contributed by atoms with Crippen LogP contribution in [0.1, 0.15) is 20.1 Å². The van der Waals surface area contributed by atoms with Crippen molar-refractivity contribution in [2.24, 2.45) is 5.84 Å². The Morgan fingerprint density at radius 2 is 2.22 bits per heavy atom. The smallest absolute Gasteiger partial charge is 0.275 e. The number of carbonyl (C=O) groups is 1. The van der Waals surface area contributed by atoms with Gasteiger partial charge in [0.25, 0.3) is 5.91 Å². The molecule has 0 fully saturated rings. The number of nitrogen functional groups attached to an aromatic ring is 1. The average Bonchev–Trinajstić information content (AvgIpc) is 2.78. The summed E-state index contributed by atoms with van der Waals surface area (Å²) in [7, 11) is 0. The molecular weight excluding hydrogens is 266 g/mol. The van der Waals surface area contributed by atoms with Crippen LogP contribution in [0.3, 0.4) is 0 Å². The highest BCUT2D eigenvalue weighted by molar-refractivity contribution is 7.98. The van der Waals surface area contributed by atoms with E-state index in [-0.39, 0.29) is 5.91 Å². The van der Waals surface area contributed by atoms with Gasteiger partial charge in [-0.25, -0.2) is 5.84 Å². The maximum absolute atomic E-state index is 11.4. The van der Waals surface area contributed by atoms with Crippen LogP contribution in [0.15, 0.2) is 35.5 Å². The number of aryl methyl sites for hydroxylation is 1. The monoisotopic (exact) mass is 279 g/mol. The minimum atomic E-state index is -0.233. The van der Waals surface area contributed by atoms with E-state index in [1.54, 1.807) is 24.2 Å². The van der Waals surface area contributed by atoms with Gasteiger partial charge in [-0.1, -0.05) is 0 Å². The molecule has 2 aromatic heterocycles. The van der Waals surface area contributed by atoms with E-state index in [4.69, 9.17) is 5.84 Å². The summed E-state index contributed by atoms with van der Waals surface area (Å²) in [6.45, 7) is 2.01. The SMILES string of the molecule is Cc1sc(C(=O)NN)cc1CSc1ccncc1. The Kier molecular flexibility index (Phi) is 4.35. The van der Waals surface area contributed by atoms with E-state index in [2.05, 4.69) is 10.4 Å². The fourth-order valence-electron chi connectivity index (χ4n) is 1.44. The first-order valence-electron chi connectivity index (χ1n) is 5.34. The lowest BCUT2D eigenvalue weighted by molar-refractivity contribution is 0.0957. The van der Waals surface area contributed by atoms with E-state index >= 15 is 0 Å². The van der Waals surface area contributed by atoms with E-state index in [1.165, 1.54) is 21.8 Å². The van der Waals surface area contributed by atoms with Gasteiger partial charge in [-0.2, -0.15) is 0 Å². The lowest BCUT2D eigenvalue weighted by atomic mass is 10.3. The third-order valence-electron chi connectivity index (χ3n) is 2.42. The number of aromatic nitrogens is 1. The Bertz CT molecular complexity index is 540. The Labute approximate surface area is 114 Å². The predicted molar refractivity (Wildman–Crippen MR) is 74.5 cm³/mol. The van der Waals surface area contributed by atoms with Crippen molar-refractivity contribution in [1.82, 2.24) is 10.4 Å². The number of hydrazine groups is 1. The Morgan fingerprint density at radius 1 is 1.50 bits per heavy atom. The van der Waals surface area contributed by atoms with Gasteiger partial charge in [0.1, 0.15) is 0 Å². The van der Waals surface area contributed by atoms with E-state index in [0.717, 1.165) is 10.6 Å². The van der Waals surface area contributed by atoms with Crippen molar-refractivity contribution in [2.75, 3.05) is 0 Å². The minimum Gasteiger partial charge on any atom is -0.289 e. The van der Waals surface area contributed by atoms with E-state index in [0.29, 0.717) is 4.88 Å². The van der Waals surface area contributed by atoms with Gasteiger partial charge in [-0.05, 0) is 30.7 Å². The zero-order valence-electron chi connectivity index (χ0n) is 9.84. The second-order valence-electron chi connectivity index (χ2n) is 3.64. The van der Waals surface area contributed by atoms with Crippen molar-refractivity contribution in [3.63, 3.8) is 0 Å². The molecule has 4 nitrogen and oxygen atoms in total. The number of thioether (sulfide) groups is 1. The van der Waals surface area contributed by atoms with Crippen LogP contribution in [-0.2, 0) is 5.75 Å². The van der Waals surface area contributed by atoms with Crippen LogP contribution in [0, 0.1) is 6.92 Å². The van der Waals surface area contributed by atoms with Crippen LogP contribution in [-0.4, -0.2) is 10.9 Å². The topological polar surface area (TPSA) is 68.0 Å². The molecule has 18 heavy (non-hydrogen) atoms. The van der Waals surface area contributed by atoms with Crippen LogP contribution in [0.25, 0.3) is 0 Å². The molecule has 0 radical (unpaired) electrons. The van der Waals surface area contributed by atoms with E-state index in [1.807, 2.05) is 25.1 Å². The largest absolute Gasteiger partial charge is 0.289 e. The summed E-state index contributed by atoms with van der Waals surface area (Å²) >= 11 is 3.19. The number of amides is 1. The Morgan fingerprint density at radius 3 is 2.89 bits per heavy atom. The number of nitrogens with two attached hydrogens (primary N) is 1. The molecular formula is C12H13N3OS2. The molecule has 0 saturated heterocycles. The molecule has 0 atom stereocenters. The van der Waals surface area contributed by atoms with E-state index < -0.39 is 0 Å². The van der Waals surface area contributed by atoms with Crippen molar-refractivity contribution in [1.29, 1.82) is 0 Å². The quantitative estimate of drug-likeness (QED) is 0.390. The molecule has 2 rings (SSSR count). The molecule has 0 aliphatic rings. The molecule has 0 unspecified atom stereocenters. The van der Waals surface area contributed by atoms with Crippen molar-refractivity contribution in [2.45, 2.75) is 17.6 Å². The van der Waals surface area contributed by atoms with Gasteiger partial charge < -0.3 is 0 Å². The fraction of sp³-hybridized carbons (Fsp3) is 0.167. The second kappa shape index (κ2) is 5.99. The van der Waals surface area contributed by atoms with Crippen molar-refractivity contribution < 1.29 is 4.79 Å². The molecule has 0 aromatic carbocycles. The lowest BCUT2D eigenvalue weighted by Crippen LogP contribution is -2.29. The summed E-state index contributed by atoms with van der Waals surface area (Å²) in [5, 5.41) is 0. The van der Waals surface area contributed by atoms with Crippen molar-refractivity contribution in [3.05, 3.63) is 45.9 Å². The first kappa shape index (κ1) is 13.1. The first-order chi connectivity index (χ1) is 8.70. The molecule has 0 spiro atoms. The fourth-order valence-corrected chi connectivity index (χ4v) is 3.41. The number of rotatable bonds is 4. The number of pyridine rings is 1. The summed E-state index contributed by atoms with van der Waals surface area (Å²) in [5.74, 6) is 5.73. The van der Waals surface area contributed by atoms with Crippen LogP contribution >= 0.6 is 23.1 Å². The molecule has 2 aromatic rings. The van der Waals surface area contributed by atoms with Gasteiger partial charge >= 0.3 is 0 Å². The first-order valence-corrected chi connectivity index (χ1v) is 7.14.